The van der Waals surface area contributed by atoms with Crippen LogP contribution in [0.15, 0.2) is 42.5 Å². The van der Waals surface area contributed by atoms with E-state index in [0.29, 0.717) is 5.56 Å². The van der Waals surface area contributed by atoms with Crippen molar-refractivity contribution in [3.63, 3.8) is 0 Å². The fraction of sp³-hybridized carbons (Fsp3) is 0.200. The lowest BCUT2D eigenvalue weighted by Crippen LogP contribution is -2.34. The Morgan fingerprint density at radius 2 is 1.68 bits per heavy atom. The third-order valence-corrected chi connectivity index (χ3v) is 3.36. The Labute approximate surface area is 110 Å². The van der Waals surface area contributed by atoms with Gasteiger partial charge in [-0.1, -0.05) is 36.4 Å². The second-order valence-electron chi connectivity index (χ2n) is 4.77. The van der Waals surface area contributed by atoms with E-state index in [1.165, 1.54) is 6.92 Å². The summed E-state index contributed by atoms with van der Waals surface area (Å²) < 4.78 is 0. The van der Waals surface area contributed by atoms with E-state index in [1.54, 1.807) is 12.1 Å². The summed E-state index contributed by atoms with van der Waals surface area (Å²) >= 11 is 0. The van der Waals surface area contributed by atoms with Crippen LogP contribution in [0, 0.1) is 0 Å². The van der Waals surface area contributed by atoms with Crippen LogP contribution in [0.5, 0.6) is 0 Å². The predicted octanol–water partition coefficient (Wildman–Crippen LogP) is 2.66. The molecule has 0 spiro atoms. The highest BCUT2D eigenvalue weighted by molar-refractivity contribution is 5.89. The van der Waals surface area contributed by atoms with E-state index in [-0.39, 0.29) is 0 Å². The molecule has 4 nitrogen and oxygen atoms in total. The largest absolute Gasteiger partial charge is 0.481 e. The summed E-state index contributed by atoms with van der Waals surface area (Å²) in [5.74, 6) is -2.26. The van der Waals surface area contributed by atoms with E-state index in [9.17, 15) is 14.7 Å². The number of aliphatic carboxylic acids is 2. The summed E-state index contributed by atoms with van der Waals surface area (Å²) in [6.45, 7) is 1.44. The maximum absolute atomic E-state index is 11.4. The number of rotatable bonds is 4. The number of carboxylic acid groups (broad SMARTS) is 2. The predicted molar refractivity (Wildman–Crippen MR) is 71.2 cm³/mol. The lowest BCUT2D eigenvalue weighted by molar-refractivity contribution is -0.149. The first-order valence-corrected chi connectivity index (χ1v) is 5.88. The van der Waals surface area contributed by atoms with Gasteiger partial charge in [-0.3, -0.25) is 9.59 Å². The molecule has 0 aliphatic rings. The Hall–Kier alpha value is -2.36. The molecule has 0 aromatic heterocycles. The minimum absolute atomic E-state index is 0.444. The molecule has 0 aliphatic heterocycles. The Bertz CT molecular complexity index is 647. The molecule has 1 unspecified atom stereocenters. The molecule has 98 valence electrons. The van der Waals surface area contributed by atoms with Crippen molar-refractivity contribution in [3.05, 3.63) is 48.0 Å². The Kier molecular flexibility index (Phi) is 3.25. The molecular formula is C15H14O4. The van der Waals surface area contributed by atoms with Crippen molar-refractivity contribution >= 4 is 22.7 Å². The van der Waals surface area contributed by atoms with Gasteiger partial charge in [-0.05, 0) is 29.3 Å². The number of hydrogen-bond acceptors (Lipinski definition) is 2. The van der Waals surface area contributed by atoms with Gasteiger partial charge in [-0.15, -0.1) is 0 Å². The summed E-state index contributed by atoms with van der Waals surface area (Å²) in [4.78, 5) is 22.3. The minimum Gasteiger partial charge on any atom is -0.481 e. The van der Waals surface area contributed by atoms with Crippen LogP contribution in [0.4, 0.5) is 0 Å². The minimum atomic E-state index is -1.42. The van der Waals surface area contributed by atoms with Gasteiger partial charge in [0.15, 0.2) is 0 Å². The first kappa shape index (κ1) is 13.1. The smallest absolute Gasteiger partial charge is 0.314 e. The van der Waals surface area contributed by atoms with E-state index >= 15 is 0 Å². The molecule has 0 fully saturated rings. The van der Waals surface area contributed by atoms with Gasteiger partial charge in [0.1, 0.15) is 5.41 Å². The van der Waals surface area contributed by atoms with Crippen LogP contribution in [0.1, 0.15) is 18.9 Å². The molecule has 2 aromatic carbocycles. The zero-order chi connectivity index (χ0) is 14.0. The number of fused-ring (bicyclic) bond motifs is 1. The fourth-order valence-electron chi connectivity index (χ4n) is 2.14. The SMILES string of the molecule is CC(CC(=O)O)(C(=O)O)c1ccc2ccccc2c1. The monoisotopic (exact) mass is 258 g/mol. The first-order chi connectivity index (χ1) is 8.93. The van der Waals surface area contributed by atoms with Crippen LogP contribution < -0.4 is 0 Å². The molecule has 2 aromatic rings. The van der Waals surface area contributed by atoms with Gasteiger partial charge < -0.3 is 10.2 Å². The van der Waals surface area contributed by atoms with Crippen LogP contribution in [-0.2, 0) is 15.0 Å². The number of carboxylic acids is 2. The van der Waals surface area contributed by atoms with Crippen LogP contribution >= 0.6 is 0 Å². The van der Waals surface area contributed by atoms with Crippen LogP contribution in [0.3, 0.4) is 0 Å². The zero-order valence-electron chi connectivity index (χ0n) is 10.5. The molecule has 0 amide bonds. The van der Waals surface area contributed by atoms with Crippen molar-refractivity contribution in [2.24, 2.45) is 0 Å². The molecule has 2 N–H and O–H groups in total. The topological polar surface area (TPSA) is 74.6 Å². The number of hydrogen-bond donors (Lipinski definition) is 2. The summed E-state index contributed by atoms with van der Waals surface area (Å²) in [6, 6.07) is 12.8. The third kappa shape index (κ3) is 2.42. The van der Waals surface area contributed by atoms with E-state index < -0.39 is 23.8 Å². The fourth-order valence-corrected chi connectivity index (χ4v) is 2.14. The normalized spacial score (nSPS) is 13.9. The molecule has 0 saturated carbocycles. The average molecular weight is 258 g/mol. The maximum Gasteiger partial charge on any atom is 0.314 e. The Morgan fingerprint density at radius 3 is 2.26 bits per heavy atom. The van der Waals surface area contributed by atoms with Crippen molar-refractivity contribution in [1.82, 2.24) is 0 Å². The molecule has 0 aliphatic carbocycles. The molecule has 2 rings (SSSR count). The van der Waals surface area contributed by atoms with Crippen LogP contribution in [0.25, 0.3) is 10.8 Å². The van der Waals surface area contributed by atoms with Crippen LogP contribution in [0.2, 0.25) is 0 Å². The van der Waals surface area contributed by atoms with E-state index in [2.05, 4.69) is 0 Å². The molecule has 0 heterocycles. The van der Waals surface area contributed by atoms with Gasteiger partial charge in [0.25, 0.3) is 0 Å². The molecular weight excluding hydrogens is 244 g/mol. The lowest BCUT2D eigenvalue weighted by Gasteiger charge is -2.23. The Morgan fingerprint density at radius 1 is 1.05 bits per heavy atom. The van der Waals surface area contributed by atoms with Crippen LogP contribution in [-0.4, -0.2) is 22.2 Å². The highest BCUT2D eigenvalue weighted by Gasteiger charge is 2.37. The van der Waals surface area contributed by atoms with Crippen molar-refractivity contribution < 1.29 is 19.8 Å². The molecule has 1 atom stereocenters. The molecule has 0 bridgehead atoms. The summed E-state index contributed by atoms with van der Waals surface area (Å²) in [7, 11) is 0. The van der Waals surface area contributed by atoms with Crippen molar-refractivity contribution in [2.45, 2.75) is 18.8 Å². The van der Waals surface area contributed by atoms with Gasteiger partial charge in [-0.25, -0.2) is 0 Å². The highest BCUT2D eigenvalue weighted by Crippen LogP contribution is 2.30. The third-order valence-electron chi connectivity index (χ3n) is 3.36. The standard InChI is InChI=1S/C15H14O4/c1-15(14(18)19,9-13(16)17)12-7-6-10-4-2-3-5-11(10)8-12/h2-8H,9H2,1H3,(H,16,17)(H,18,19). The molecule has 19 heavy (non-hydrogen) atoms. The van der Waals surface area contributed by atoms with E-state index in [4.69, 9.17) is 5.11 Å². The highest BCUT2D eigenvalue weighted by atomic mass is 16.4. The Balaban J connectivity index is 2.56. The van der Waals surface area contributed by atoms with Gasteiger partial charge in [0.05, 0.1) is 6.42 Å². The van der Waals surface area contributed by atoms with Gasteiger partial charge in [0, 0.05) is 0 Å². The van der Waals surface area contributed by atoms with Crippen molar-refractivity contribution in [2.75, 3.05) is 0 Å². The summed E-state index contributed by atoms with van der Waals surface area (Å²) in [6.07, 6.45) is -0.444. The average Bonchev–Trinajstić information content (AvgIpc) is 2.37. The molecule has 0 saturated heterocycles. The van der Waals surface area contributed by atoms with E-state index in [0.717, 1.165) is 10.8 Å². The van der Waals surface area contributed by atoms with Gasteiger partial charge >= 0.3 is 11.9 Å². The molecule has 0 radical (unpaired) electrons. The first-order valence-electron chi connectivity index (χ1n) is 5.88. The summed E-state index contributed by atoms with van der Waals surface area (Å²) in [5.41, 5.74) is -0.920. The van der Waals surface area contributed by atoms with Crippen molar-refractivity contribution in [3.8, 4) is 0 Å². The van der Waals surface area contributed by atoms with E-state index in [1.807, 2.05) is 30.3 Å². The summed E-state index contributed by atoms with van der Waals surface area (Å²) in [5, 5.41) is 20.1. The molecule has 4 heteroatoms. The maximum atomic E-state index is 11.4. The quantitative estimate of drug-likeness (QED) is 0.884. The lowest BCUT2D eigenvalue weighted by atomic mass is 9.79. The second-order valence-corrected chi connectivity index (χ2v) is 4.77. The second kappa shape index (κ2) is 4.72. The zero-order valence-corrected chi connectivity index (χ0v) is 10.5. The van der Waals surface area contributed by atoms with Gasteiger partial charge in [0.2, 0.25) is 0 Å². The number of benzene rings is 2. The number of carbonyl (C=O) groups is 2. The van der Waals surface area contributed by atoms with Gasteiger partial charge in [-0.2, -0.15) is 0 Å². The van der Waals surface area contributed by atoms with Crippen molar-refractivity contribution in [1.29, 1.82) is 0 Å².